The van der Waals surface area contributed by atoms with E-state index in [0.717, 1.165) is 17.5 Å². The van der Waals surface area contributed by atoms with Crippen LogP contribution in [0.3, 0.4) is 0 Å². The SMILES string of the molecule is O=C(NCCc1c[nH]c2ccccc12)c1cc(=O)cc[nH]1. The average Bonchev–Trinajstić information content (AvgIpc) is 2.91. The van der Waals surface area contributed by atoms with E-state index in [-0.39, 0.29) is 17.0 Å². The van der Waals surface area contributed by atoms with Crippen molar-refractivity contribution in [2.75, 3.05) is 6.54 Å². The van der Waals surface area contributed by atoms with Crippen LogP contribution in [0.25, 0.3) is 10.9 Å². The Bertz CT molecular complexity index is 832. The van der Waals surface area contributed by atoms with Gasteiger partial charge >= 0.3 is 0 Å². The highest BCUT2D eigenvalue weighted by Gasteiger charge is 2.07. The highest BCUT2D eigenvalue weighted by Crippen LogP contribution is 2.17. The minimum Gasteiger partial charge on any atom is -0.361 e. The van der Waals surface area contributed by atoms with E-state index in [1.165, 1.54) is 23.7 Å². The molecule has 0 fully saturated rings. The molecule has 3 aromatic rings. The number of carbonyl (C=O) groups is 1. The van der Waals surface area contributed by atoms with Gasteiger partial charge in [0, 0.05) is 42.0 Å². The lowest BCUT2D eigenvalue weighted by Crippen LogP contribution is -2.27. The molecule has 0 aliphatic rings. The van der Waals surface area contributed by atoms with Crippen molar-refractivity contribution in [2.24, 2.45) is 0 Å². The first-order valence-corrected chi connectivity index (χ1v) is 6.76. The molecule has 2 aromatic heterocycles. The Morgan fingerprint density at radius 2 is 2.00 bits per heavy atom. The smallest absolute Gasteiger partial charge is 0.267 e. The second-order valence-corrected chi connectivity index (χ2v) is 4.80. The van der Waals surface area contributed by atoms with E-state index in [1.807, 2.05) is 24.4 Å². The second-order valence-electron chi connectivity index (χ2n) is 4.80. The third-order valence-electron chi connectivity index (χ3n) is 3.37. The van der Waals surface area contributed by atoms with E-state index in [0.29, 0.717) is 6.54 Å². The number of para-hydroxylation sites is 1. The number of nitrogens with one attached hydrogen (secondary N) is 3. The first-order valence-electron chi connectivity index (χ1n) is 6.76. The number of H-pyrrole nitrogens is 2. The molecule has 106 valence electrons. The zero-order valence-corrected chi connectivity index (χ0v) is 11.3. The highest BCUT2D eigenvalue weighted by atomic mass is 16.2. The molecule has 5 heteroatoms. The summed E-state index contributed by atoms with van der Waals surface area (Å²) in [7, 11) is 0. The summed E-state index contributed by atoms with van der Waals surface area (Å²) in [5, 5.41) is 3.97. The number of amides is 1. The molecule has 2 heterocycles. The molecular formula is C16H15N3O2. The molecule has 3 N–H and O–H groups in total. The van der Waals surface area contributed by atoms with Crippen molar-refractivity contribution >= 4 is 16.8 Å². The minimum atomic E-state index is -0.271. The van der Waals surface area contributed by atoms with E-state index in [9.17, 15) is 9.59 Å². The number of pyridine rings is 1. The number of rotatable bonds is 4. The van der Waals surface area contributed by atoms with Crippen molar-refractivity contribution in [3.63, 3.8) is 0 Å². The standard InChI is InChI=1S/C16H15N3O2/c20-12-6-8-17-15(9-12)16(21)18-7-5-11-10-19-14-4-2-1-3-13(11)14/h1-4,6,8-10,19H,5,7H2,(H,17,20)(H,18,21). The number of hydrogen-bond acceptors (Lipinski definition) is 2. The van der Waals surface area contributed by atoms with Crippen LogP contribution in [0.5, 0.6) is 0 Å². The van der Waals surface area contributed by atoms with Crippen LogP contribution in [-0.2, 0) is 6.42 Å². The summed E-state index contributed by atoms with van der Waals surface area (Å²) in [5.74, 6) is -0.271. The fraction of sp³-hybridized carbons (Fsp3) is 0.125. The molecule has 21 heavy (non-hydrogen) atoms. The maximum Gasteiger partial charge on any atom is 0.267 e. The van der Waals surface area contributed by atoms with Crippen molar-refractivity contribution in [3.8, 4) is 0 Å². The Labute approximate surface area is 121 Å². The van der Waals surface area contributed by atoms with Crippen LogP contribution < -0.4 is 10.7 Å². The Hall–Kier alpha value is -2.82. The van der Waals surface area contributed by atoms with Gasteiger partial charge in [0.15, 0.2) is 5.43 Å². The molecule has 0 aliphatic carbocycles. The van der Waals surface area contributed by atoms with Gasteiger partial charge in [-0.15, -0.1) is 0 Å². The topological polar surface area (TPSA) is 77.8 Å². The fourth-order valence-corrected chi connectivity index (χ4v) is 2.32. The van der Waals surface area contributed by atoms with Crippen molar-refractivity contribution in [2.45, 2.75) is 6.42 Å². The molecule has 1 amide bonds. The van der Waals surface area contributed by atoms with Crippen LogP contribution in [0.15, 0.2) is 53.6 Å². The van der Waals surface area contributed by atoms with Crippen LogP contribution in [0.2, 0.25) is 0 Å². The first kappa shape index (κ1) is 13.2. The van der Waals surface area contributed by atoms with Crippen LogP contribution in [0.1, 0.15) is 16.1 Å². The molecule has 0 radical (unpaired) electrons. The Balaban J connectivity index is 1.64. The maximum atomic E-state index is 11.9. The summed E-state index contributed by atoms with van der Waals surface area (Å²) in [6, 6.07) is 10.7. The molecule has 0 bridgehead atoms. The number of hydrogen-bond donors (Lipinski definition) is 3. The van der Waals surface area contributed by atoms with Gasteiger partial charge in [0.2, 0.25) is 0 Å². The van der Waals surface area contributed by atoms with Crippen molar-refractivity contribution in [1.29, 1.82) is 0 Å². The largest absolute Gasteiger partial charge is 0.361 e. The van der Waals surface area contributed by atoms with E-state index >= 15 is 0 Å². The Morgan fingerprint density at radius 3 is 2.86 bits per heavy atom. The molecular weight excluding hydrogens is 266 g/mol. The van der Waals surface area contributed by atoms with Gasteiger partial charge in [-0.05, 0) is 18.1 Å². The maximum absolute atomic E-state index is 11.9. The van der Waals surface area contributed by atoms with E-state index < -0.39 is 0 Å². The predicted molar refractivity (Wildman–Crippen MR) is 81.4 cm³/mol. The third kappa shape index (κ3) is 2.86. The summed E-state index contributed by atoms with van der Waals surface area (Å²) in [6.45, 7) is 0.512. The lowest BCUT2D eigenvalue weighted by Gasteiger charge is -2.04. The molecule has 3 rings (SSSR count). The summed E-state index contributed by atoms with van der Waals surface area (Å²) in [6.07, 6.45) is 4.16. The summed E-state index contributed by atoms with van der Waals surface area (Å²) in [4.78, 5) is 29.1. The highest BCUT2D eigenvalue weighted by molar-refractivity contribution is 5.92. The van der Waals surface area contributed by atoms with Gasteiger partial charge in [0.05, 0.1) is 0 Å². The predicted octanol–water partition coefficient (Wildman–Crippen LogP) is 1.83. The van der Waals surface area contributed by atoms with Gasteiger partial charge in [0.1, 0.15) is 5.69 Å². The van der Waals surface area contributed by atoms with Crippen molar-refractivity contribution in [1.82, 2.24) is 15.3 Å². The summed E-state index contributed by atoms with van der Waals surface area (Å²) < 4.78 is 0. The molecule has 0 saturated carbocycles. The van der Waals surface area contributed by atoms with Crippen molar-refractivity contribution < 1.29 is 4.79 Å². The van der Waals surface area contributed by atoms with Gasteiger partial charge in [0.25, 0.3) is 5.91 Å². The molecule has 5 nitrogen and oxygen atoms in total. The van der Waals surface area contributed by atoms with Crippen LogP contribution in [-0.4, -0.2) is 22.4 Å². The zero-order valence-electron chi connectivity index (χ0n) is 11.3. The zero-order chi connectivity index (χ0) is 14.7. The van der Waals surface area contributed by atoms with Crippen molar-refractivity contribution in [3.05, 3.63) is 70.3 Å². The lowest BCUT2D eigenvalue weighted by molar-refractivity contribution is 0.0949. The minimum absolute atomic E-state index is 0.185. The van der Waals surface area contributed by atoms with E-state index in [2.05, 4.69) is 21.4 Å². The van der Waals surface area contributed by atoms with E-state index in [1.54, 1.807) is 0 Å². The Morgan fingerprint density at radius 1 is 1.14 bits per heavy atom. The molecule has 0 spiro atoms. The monoisotopic (exact) mass is 281 g/mol. The van der Waals surface area contributed by atoms with Gasteiger partial charge in [-0.2, -0.15) is 0 Å². The molecule has 1 aromatic carbocycles. The molecule has 0 saturated heterocycles. The molecule has 0 unspecified atom stereocenters. The summed E-state index contributed by atoms with van der Waals surface area (Å²) in [5.41, 5.74) is 2.34. The number of carbonyl (C=O) groups excluding carboxylic acids is 1. The van der Waals surface area contributed by atoms with Gasteiger partial charge in [-0.3, -0.25) is 9.59 Å². The normalized spacial score (nSPS) is 10.7. The Kier molecular flexibility index (Phi) is 3.55. The van der Waals surface area contributed by atoms with Crippen LogP contribution in [0.4, 0.5) is 0 Å². The average molecular weight is 281 g/mol. The van der Waals surface area contributed by atoms with E-state index in [4.69, 9.17) is 0 Å². The number of fused-ring (bicyclic) bond motifs is 1. The van der Waals surface area contributed by atoms with Gasteiger partial charge < -0.3 is 15.3 Å². The number of aromatic amines is 2. The quantitative estimate of drug-likeness (QED) is 0.682. The van der Waals surface area contributed by atoms with Gasteiger partial charge in [-0.25, -0.2) is 0 Å². The lowest BCUT2D eigenvalue weighted by atomic mass is 10.1. The first-order chi connectivity index (χ1) is 10.2. The number of benzene rings is 1. The third-order valence-corrected chi connectivity index (χ3v) is 3.37. The van der Waals surface area contributed by atoms with Crippen LogP contribution in [0, 0.1) is 0 Å². The molecule has 0 atom stereocenters. The fourth-order valence-electron chi connectivity index (χ4n) is 2.32. The number of aromatic nitrogens is 2. The second kappa shape index (κ2) is 5.66. The summed E-state index contributed by atoms with van der Waals surface area (Å²) >= 11 is 0. The van der Waals surface area contributed by atoms with Gasteiger partial charge in [-0.1, -0.05) is 18.2 Å². The van der Waals surface area contributed by atoms with Crippen LogP contribution >= 0.6 is 0 Å². The molecule has 0 aliphatic heterocycles.